The van der Waals surface area contributed by atoms with Crippen LogP contribution in [0.25, 0.3) is 0 Å². The van der Waals surface area contributed by atoms with E-state index in [0.717, 1.165) is 5.56 Å². The van der Waals surface area contributed by atoms with E-state index in [9.17, 15) is 9.59 Å². The van der Waals surface area contributed by atoms with Gasteiger partial charge in [-0.25, -0.2) is 0 Å². The maximum Gasteiger partial charge on any atom is 0.315 e. The van der Waals surface area contributed by atoms with Gasteiger partial charge >= 0.3 is 5.97 Å². The van der Waals surface area contributed by atoms with E-state index in [1.54, 1.807) is 12.1 Å². The molecule has 0 unspecified atom stereocenters. The van der Waals surface area contributed by atoms with Crippen molar-refractivity contribution in [1.29, 1.82) is 0 Å². The zero-order valence-electron chi connectivity index (χ0n) is 10.6. The number of hydrogen-bond donors (Lipinski definition) is 1. The van der Waals surface area contributed by atoms with Gasteiger partial charge in [-0.3, -0.25) is 9.59 Å². The number of benzene rings is 1. The van der Waals surface area contributed by atoms with Crippen LogP contribution in [0.2, 0.25) is 5.02 Å². The third kappa shape index (κ3) is 7.08. The van der Waals surface area contributed by atoms with Crippen molar-refractivity contribution < 1.29 is 14.3 Å². The van der Waals surface area contributed by atoms with E-state index < -0.39 is 0 Å². The van der Waals surface area contributed by atoms with Crippen LogP contribution in [0.3, 0.4) is 0 Å². The summed E-state index contributed by atoms with van der Waals surface area (Å²) in [6.45, 7) is 0.484. The van der Waals surface area contributed by atoms with Gasteiger partial charge in [0.15, 0.2) is 0 Å². The number of esters is 1. The van der Waals surface area contributed by atoms with Crippen molar-refractivity contribution in [3.8, 4) is 0 Å². The number of ether oxygens (including phenoxy) is 1. The number of carbonyl (C=O) groups excluding carboxylic acids is 2. The Labute approximate surface area is 121 Å². The Morgan fingerprint density at radius 3 is 2.63 bits per heavy atom. The Bertz CT molecular complexity index is 422. The van der Waals surface area contributed by atoms with Crippen molar-refractivity contribution in [1.82, 2.24) is 5.32 Å². The second kappa shape index (κ2) is 8.82. The fraction of sp³-hybridized carbons (Fsp3) is 0.385. The Morgan fingerprint density at radius 2 is 2.00 bits per heavy atom. The lowest BCUT2D eigenvalue weighted by atomic mass is 10.2. The van der Waals surface area contributed by atoms with E-state index in [1.165, 1.54) is 18.9 Å². The molecule has 1 N–H and O–H groups in total. The minimum atomic E-state index is -0.272. The van der Waals surface area contributed by atoms with E-state index in [0.29, 0.717) is 23.7 Å². The SMILES string of the molecule is COC(=O)CSCCC(=O)NCc1ccc(Cl)cc1. The summed E-state index contributed by atoms with van der Waals surface area (Å²) in [5, 5.41) is 3.48. The van der Waals surface area contributed by atoms with E-state index in [-0.39, 0.29) is 17.6 Å². The minimum absolute atomic E-state index is 0.0349. The molecule has 0 aliphatic rings. The lowest BCUT2D eigenvalue weighted by molar-refractivity contribution is -0.137. The van der Waals surface area contributed by atoms with Crippen LogP contribution >= 0.6 is 23.4 Å². The maximum absolute atomic E-state index is 11.5. The Kier molecular flexibility index (Phi) is 7.36. The van der Waals surface area contributed by atoms with Crippen LogP contribution in [0.1, 0.15) is 12.0 Å². The first-order valence-electron chi connectivity index (χ1n) is 5.77. The molecule has 0 atom stereocenters. The highest BCUT2D eigenvalue weighted by Crippen LogP contribution is 2.09. The molecule has 0 heterocycles. The number of nitrogens with one attached hydrogen (secondary N) is 1. The molecule has 19 heavy (non-hydrogen) atoms. The third-order valence-corrected chi connectivity index (χ3v) is 3.51. The number of carbonyl (C=O) groups is 2. The molecule has 0 aromatic heterocycles. The first-order chi connectivity index (χ1) is 9.11. The minimum Gasteiger partial charge on any atom is -0.468 e. The molecule has 0 aliphatic heterocycles. The molecule has 0 radical (unpaired) electrons. The van der Waals surface area contributed by atoms with Crippen molar-refractivity contribution in [3.63, 3.8) is 0 Å². The molecule has 1 rings (SSSR count). The number of thioether (sulfide) groups is 1. The van der Waals surface area contributed by atoms with Crippen LogP contribution in [0.4, 0.5) is 0 Å². The van der Waals surface area contributed by atoms with Crippen molar-refractivity contribution in [2.75, 3.05) is 18.6 Å². The number of rotatable bonds is 7. The molecule has 0 spiro atoms. The average Bonchev–Trinajstić information content (AvgIpc) is 2.42. The van der Waals surface area contributed by atoms with Gasteiger partial charge in [0.1, 0.15) is 0 Å². The molecule has 6 heteroatoms. The fourth-order valence-electron chi connectivity index (χ4n) is 1.27. The number of halogens is 1. The van der Waals surface area contributed by atoms with Gasteiger partial charge in [-0.15, -0.1) is 11.8 Å². The molecule has 0 aliphatic carbocycles. The van der Waals surface area contributed by atoms with Crippen LogP contribution in [-0.4, -0.2) is 30.5 Å². The summed E-state index contributed by atoms with van der Waals surface area (Å²) in [4.78, 5) is 22.4. The molecular formula is C13H16ClNO3S. The quantitative estimate of drug-likeness (QED) is 0.620. The zero-order chi connectivity index (χ0) is 14.1. The highest BCUT2D eigenvalue weighted by molar-refractivity contribution is 7.99. The van der Waals surface area contributed by atoms with Gasteiger partial charge < -0.3 is 10.1 Å². The van der Waals surface area contributed by atoms with Crippen molar-refractivity contribution >= 4 is 35.2 Å². The van der Waals surface area contributed by atoms with Gasteiger partial charge in [0.25, 0.3) is 0 Å². The van der Waals surface area contributed by atoms with Gasteiger partial charge in [-0.1, -0.05) is 23.7 Å². The largest absolute Gasteiger partial charge is 0.468 e. The summed E-state index contributed by atoms with van der Waals surface area (Å²) in [5.41, 5.74) is 1.000. The smallest absolute Gasteiger partial charge is 0.315 e. The second-order valence-electron chi connectivity index (χ2n) is 3.78. The van der Waals surface area contributed by atoms with Crippen molar-refractivity contribution in [2.24, 2.45) is 0 Å². The summed E-state index contributed by atoms with van der Waals surface area (Å²) in [6, 6.07) is 7.31. The van der Waals surface area contributed by atoms with Crippen LogP contribution in [-0.2, 0) is 20.9 Å². The maximum atomic E-state index is 11.5. The molecule has 4 nitrogen and oxygen atoms in total. The number of amides is 1. The molecule has 104 valence electrons. The van der Waals surface area contributed by atoms with E-state index in [4.69, 9.17) is 11.6 Å². The normalized spacial score (nSPS) is 10.0. The lowest BCUT2D eigenvalue weighted by Gasteiger charge is -2.05. The highest BCUT2D eigenvalue weighted by Gasteiger charge is 2.04. The molecule has 1 amide bonds. The molecule has 0 saturated carbocycles. The van der Waals surface area contributed by atoms with E-state index in [2.05, 4.69) is 10.1 Å². The molecule has 1 aromatic carbocycles. The highest BCUT2D eigenvalue weighted by atomic mass is 35.5. The van der Waals surface area contributed by atoms with E-state index >= 15 is 0 Å². The monoisotopic (exact) mass is 301 g/mol. The third-order valence-electron chi connectivity index (χ3n) is 2.32. The Hall–Kier alpha value is -1.20. The number of methoxy groups -OCH3 is 1. The average molecular weight is 302 g/mol. The summed E-state index contributed by atoms with van der Waals surface area (Å²) in [6.07, 6.45) is 0.384. The van der Waals surface area contributed by atoms with Crippen LogP contribution in [0.5, 0.6) is 0 Å². The predicted octanol–water partition coefficient (Wildman–Crippen LogP) is 2.25. The summed E-state index contributed by atoms with van der Waals surface area (Å²) >= 11 is 7.15. The standard InChI is InChI=1S/C13H16ClNO3S/c1-18-13(17)9-19-7-6-12(16)15-8-10-2-4-11(14)5-3-10/h2-5H,6-9H2,1H3,(H,15,16). The van der Waals surface area contributed by atoms with Gasteiger partial charge in [-0.05, 0) is 17.7 Å². The first-order valence-corrected chi connectivity index (χ1v) is 7.31. The molecular weight excluding hydrogens is 286 g/mol. The molecule has 0 saturated heterocycles. The second-order valence-corrected chi connectivity index (χ2v) is 5.32. The van der Waals surface area contributed by atoms with Crippen LogP contribution in [0.15, 0.2) is 24.3 Å². The molecule has 0 fully saturated rings. The predicted molar refractivity (Wildman–Crippen MR) is 77.3 cm³/mol. The lowest BCUT2D eigenvalue weighted by Crippen LogP contribution is -2.23. The fourth-order valence-corrected chi connectivity index (χ4v) is 2.16. The van der Waals surface area contributed by atoms with E-state index in [1.807, 2.05) is 12.1 Å². The van der Waals surface area contributed by atoms with Gasteiger partial charge in [0.05, 0.1) is 12.9 Å². The summed E-state index contributed by atoms with van der Waals surface area (Å²) < 4.78 is 4.50. The van der Waals surface area contributed by atoms with Crippen molar-refractivity contribution in [2.45, 2.75) is 13.0 Å². The Balaban J connectivity index is 2.14. The molecule has 1 aromatic rings. The Morgan fingerprint density at radius 1 is 1.32 bits per heavy atom. The van der Waals surface area contributed by atoms with Gasteiger partial charge in [0, 0.05) is 23.7 Å². The van der Waals surface area contributed by atoms with Crippen molar-refractivity contribution in [3.05, 3.63) is 34.9 Å². The van der Waals surface area contributed by atoms with Crippen LogP contribution in [0, 0.1) is 0 Å². The topological polar surface area (TPSA) is 55.4 Å². The summed E-state index contributed by atoms with van der Waals surface area (Å²) in [7, 11) is 1.35. The van der Waals surface area contributed by atoms with Crippen LogP contribution < -0.4 is 5.32 Å². The molecule has 0 bridgehead atoms. The zero-order valence-corrected chi connectivity index (χ0v) is 12.2. The summed E-state index contributed by atoms with van der Waals surface area (Å²) in [5.74, 6) is 0.571. The number of hydrogen-bond acceptors (Lipinski definition) is 4. The van der Waals surface area contributed by atoms with Gasteiger partial charge in [0.2, 0.25) is 5.91 Å². The van der Waals surface area contributed by atoms with Gasteiger partial charge in [-0.2, -0.15) is 0 Å². The first kappa shape index (κ1) is 15.9.